The number of aromatic nitrogens is 2. The normalized spacial score (nSPS) is 22.7. The van der Waals surface area contributed by atoms with Crippen molar-refractivity contribution in [3.05, 3.63) is 29.6 Å². The molecule has 1 aromatic carbocycles. The van der Waals surface area contributed by atoms with Gasteiger partial charge in [0.15, 0.2) is 0 Å². The van der Waals surface area contributed by atoms with Crippen molar-refractivity contribution in [1.82, 2.24) is 9.55 Å². The number of para-hydroxylation sites is 1. The first kappa shape index (κ1) is 12.9. The summed E-state index contributed by atoms with van der Waals surface area (Å²) in [5, 5.41) is 0. The molecule has 4 heteroatoms. The summed E-state index contributed by atoms with van der Waals surface area (Å²) in [4.78, 5) is 4.69. The molecule has 3 nitrogen and oxygen atoms in total. The number of benzene rings is 1. The molecule has 0 spiro atoms. The van der Waals surface area contributed by atoms with Gasteiger partial charge >= 0.3 is 0 Å². The van der Waals surface area contributed by atoms with E-state index in [2.05, 4.69) is 29.7 Å². The van der Waals surface area contributed by atoms with E-state index in [9.17, 15) is 0 Å². The predicted molar refractivity (Wildman–Crippen MR) is 77.7 cm³/mol. The highest BCUT2D eigenvalue weighted by molar-refractivity contribution is 6.16. The van der Waals surface area contributed by atoms with Gasteiger partial charge < -0.3 is 9.30 Å². The smallest absolute Gasteiger partial charge is 0.125 e. The standard InChI is InChI=1S/C15H19ClN2O/c1-3-19-12-7-11(8-12)18-13-6-4-5-10(2)15(13)17-14(18)9-16/h4-6,11-12H,3,7-9H2,1-2H3. The summed E-state index contributed by atoms with van der Waals surface area (Å²) in [7, 11) is 0. The summed E-state index contributed by atoms with van der Waals surface area (Å²) in [5.74, 6) is 1.44. The maximum atomic E-state index is 6.06. The molecule has 1 aliphatic carbocycles. The number of nitrogens with zero attached hydrogens (tertiary/aromatic N) is 2. The molecule has 0 atom stereocenters. The van der Waals surface area contributed by atoms with Crippen LogP contribution in [0.5, 0.6) is 0 Å². The van der Waals surface area contributed by atoms with E-state index in [1.54, 1.807) is 0 Å². The van der Waals surface area contributed by atoms with Crippen LogP contribution in [0.15, 0.2) is 18.2 Å². The molecule has 0 N–H and O–H groups in total. The Bertz CT molecular complexity index is 587. The van der Waals surface area contributed by atoms with Gasteiger partial charge in [0.05, 0.1) is 23.0 Å². The Morgan fingerprint density at radius 2 is 2.21 bits per heavy atom. The summed E-state index contributed by atoms with van der Waals surface area (Å²) in [5.41, 5.74) is 3.50. The van der Waals surface area contributed by atoms with Crippen LogP contribution < -0.4 is 0 Å². The second-order valence-corrected chi connectivity index (χ2v) is 5.44. The minimum absolute atomic E-state index is 0.403. The Hall–Kier alpha value is -1.06. The van der Waals surface area contributed by atoms with Crippen molar-refractivity contribution in [3.8, 4) is 0 Å². The first-order valence-corrected chi connectivity index (χ1v) is 7.42. The fourth-order valence-corrected chi connectivity index (χ4v) is 3.12. The molecule has 1 heterocycles. The van der Waals surface area contributed by atoms with Crippen LogP contribution in [0.3, 0.4) is 0 Å². The van der Waals surface area contributed by atoms with Crippen molar-refractivity contribution in [2.45, 2.75) is 44.7 Å². The lowest BCUT2D eigenvalue weighted by molar-refractivity contribution is -0.0192. The van der Waals surface area contributed by atoms with E-state index in [0.717, 1.165) is 30.8 Å². The second kappa shape index (κ2) is 5.14. The Balaban J connectivity index is 1.96. The molecule has 1 aromatic heterocycles. The molecule has 2 aromatic rings. The highest BCUT2D eigenvalue weighted by atomic mass is 35.5. The van der Waals surface area contributed by atoms with Crippen LogP contribution in [0.4, 0.5) is 0 Å². The molecule has 1 saturated carbocycles. The van der Waals surface area contributed by atoms with Crippen LogP contribution in [0.25, 0.3) is 11.0 Å². The lowest BCUT2D eigenvalue weighted by Crippen LogP contribution is -2.34. The van der Waals surface area contributed by atoms with E-state index in [4.69, 9.17) is 21.3 Å². The Morgan fingerprint density at radius 1 is 1.42 bits per heavy atom. The van der Waals surface area contributed by atoms with E-state index in [1.807, 2.05) is 6.92 Å². The SMILES string of the molecule is CCOC1CC(n2c(CCl)nc3c(C)cccc32)C1. The van der Waals surface area contributed by atoms with Gasteiger partial charge in [-0.3, -0.25) is 0 Å². The number of alkyl halides is 1. The molecule has 0 radical (unpaired) electrons. The molecular weight excluding hydrogens is 260 g/mol. The number of halogens is 1. The largest absolute Gasteiger partial charge is 0.378 e. The summed E-state index contributed by atoms with van der Waals surface area (Å²) in [6.45, 7) is 4.94. The third kappa shape index (κ3) is 2.15. The van der Waals surface area contributed by atoms with Crippen molar-refractivity contribution in [2.75, 3.05) is 6.61 Å². The van der Waals surface area contributed by atoms with Crippen LogP contribution in [0.2, 0.25) is 0 Å². The number of fused-ring (bicyclic) bond motifs is 1. The lowest BCUT2D eigenvalue weighted by Gasteiger charge is -2.36. The fourth-order valence-electron chi connectivity index (χ4n) is 2.93. The minimum atomic E-state index is 0.403. The molecule has 0 unspecified atom stereocenters. The zero-order chi connectivity index (χ0) is 13.4. The number of ether oxygens (including phenoxy) is 1. The van der Waals surface area contributed by atoms with E-state index in [0.29, 0.717) is 18.0 Å². The van der Waals surface area contributed by atoms with Gasteiger partial charge in [0, 0.05) is 12.6 Å². The molecule has 102 valence electrons. The van der Waals surface area contributed by atoms with Crippen LogP contribution in [-0.2, 0) is 10.6 Å². The second-order valence-electron chi connectivity index (χ2n) is 5.18. The van der Waals surface area contributed by atoms with E-state index in [-0.39, 0.29) is 0 Å². The molecule has 0 bridgehead atoms. The molecule has 1 fully saturated rings. The Morgan fingerprint density at radius 3 is 2.89 bits per heavy atom. The molecule has 0 saturated heterocycles. The van der Waals surface area contributed by atoms with Crippen LogP contribution in [-0.4, -0.2) is 22.3 Å². The van der Waals surface area contributed by atoms with Gasteiger partial charge in [0.2, 0.25) is 0 Å². The molecular formula is C15H19ClN2O. The number of hydrogen-bond acceptors (Lipinski definition) is 2. The van der Waals surface area contributed by atoms with E-state index >= 15 is 0 Å². The average molecular weight is 279 g/mol. The maximum Gasteiger partial charge on any atom is 0.125 e. The van der Waals surface area contributed by atoms with Gasteiger partial charge in [0.1, 0.15) is 5.82 Å². The lowest BCUT2D eigenvalue weighted by atomic mass is 9.88. The van der Waals surface area contributed by atoms with Crippen LogP contribution in [0.1, 0.15) is 37.2 Å². The highest BCUT2D eigenvalue weighted by Crippen LogP contribution is 2.38. The molecule has 19 heavy (non-hydrogen) atoms. The van der Waals surface area contributed by atoms with Gasteiger partial charge in [-0.2, -0.15) is 0 Å². The predicted octanol–water partition coefficient (Wildman–Crippen LogP) is 3.82. The first-order chi connectivity index (χ1) is 9.24. The van der Waals surface area contributed by atoms with Crippen molar-refractivity contribution < 1.29 is 4.74 Å². The van der Waals surface area contributed by atoms with Gasteiger partial charge in [-0.05, 0) is 38.3 Å². The number of rotatable bonds is 4. The van der Waals surface area contributed by atoms with Crippen LogP contribution >= 0.6 is 11.6 Å². The van der Waals surface area contributed by atoms with Gasteiger partial charge in [0.25, 0.3) is 0 Å². The number of imidazole rings is 1. The average Bonchev–Trinajstić information content (AvgIpc) is 2.73. The van der Waals surface area contributed by atoms with Crippen molar-refractivity contribution >= 4 is 22.6 Å². The molecule has 0 aliphatic heterocycles. The van der Waals surface area contributed by atoms with Gasteiger partial charge in [-0.25, -0.2) is 4.98 Å². The summed E-state index contributed by atoms with van der Waals surface area (Å²) < 4.78 is 7.96. The van der Waals surface area contributed by atoms with Crippen LogP contribution in [0, 0.1) is 6.92 Å². The monoisotopic (exact) mass is 278 g/mol. The summed E-state index contributed by atoms with van der Waals surface area (Å²) in [6.07, 6.45) is 2.54. The summed E-state index contributed by atoms with van der Waals surface area (Å²) >= 11 is 6.06. The van der Waals surface area contributed by atoms with Gasteiger partial charge in [-0.1, -0.05) is 12.1 Å². The van der Waals surface area contributed by atoms with Crippen molar-refractivity contribution in [2.24, 2.45) is 0 Å². The Kier molecular flexibility index (Phi) is 3.50. The Labute approximate surface area is 118 Å². The topological polar surface area (TPSA) is 27.1 Å². The third-order valence-corrected chi connectivity index (χ3v) is 4.19. The van der Waals surface area contributed by atoms with Gasteiger partial charge in [-0.15, -0.1) is 11.6 Å². The van der Waals surface area contributed by atoms with Crippen molar-refractivity contribution in [3.63, 3.8) is 0 Å². The number of aryl methyl sites for hydroxylation is 1. The quantitative estimate of drug-likeness (QED) is 0.795. The maximum absolute atomic E-state index is 6.06. The molecule has 1 aliphatic rings. The fraction of sp³-hybridized carbons (Fsp3) is 0.533. The highest BCUT2D eigenvalue weighted by Gasteiger charge is 2.33. The first-order valence-electron chi connectivity index (χ1n) is 6.88. The zero-order valence-electron chi connectivity index (χ0n) is 11.4. The molecule has 3 rings (SSSR count). The molecule has 0 amide bonds. The van der Waals surface area contributed by atoms with Crippen molar-refractivity contribution in [1.29, 1.82) is 0 Å². The minimum Gasteiger partial charge on any atom is -0.378 e. The summed E-state index contributed by atoms with van der Waals surface area (Å²) in [6, 6.07) is 6.81. The zero-order valence-corrected chi connectivity index (χ0v) is 12.2. The van der Waals surface area contributed by atoms with E-state index in [1.165, 1.54) is 11.1 Å². The number of hydrogen-bond donors (Lipinski definition) is 0. The third-order valence-electron chi connectivity index (χ3n) is 3.95. The van der Waals surface area contributed by atoms with E-state index < -0.39 is 0 Å².